The number of aryl methyl sites for hydroxylation is 1. The fraction of sp³-hybridized carbons (Fsp3) is 0.600. The van der Waals surface area contributed by atoms with E-state index in [0.717, 1.165) is 37.9 Å². The quantitative estimate of drug-likeness (QED) is 0.838. The van der Waals surface area contributed by atoms with Crippen molar-refractivity contribution in [2.75, 3.05) is 0 Å². The SMILES string of the molecule is CCc1ccc(C(=O)NC2(C(N)=S)CCC(C)CC2)o1. The maximum atomic E-state index is 12.3. The summed E-state index contributed by atoms with van der Waals surface area (Å²) in [5, 5.41) is 3.01. The zero-order valence-corrected chi connectivity index (χ0v) is 12.9. The lowest BCUT2D eigenvalue weighted by Crippen LogP contribution is -2.58. The lowest BCUT2D eigenvalue weighted by Gasteiger charge is -2.39. The number of nitrogens with one attached hydrogen (secondary N) is 1. The summed E-state index contributed by atoms with van der Waals surface area (Å²) >= 11 is 5.20. The fourth-order valence-electron chi connectivity index (χ4n) is 2.66. The Kier molecular flexibility index (Phi) is 4.48. The van der Waals surface area contributed by atoms with Crippen molar-refractivity contribution in [1.82, 2.24) is 5.32 Å². The average Bonchev–Trinajstić information content (AvgIpc) is 2.90. The largest absolute Gasteiger partial charge is 0.456 e. The van der Waals surface area contributed by atoms with Crippen molar-refractivity contribution in [3.8, 4) is 0 Å². The molecule has 1 fully saturated rings. The van der Waals surface area contributed by atoms with Gasteiger partial charge in [0.15, 0.2) is 5.76 Å². The second-order valence-electron chi connectivity index (χ2n) is 5.70. The van der Waals surface area contributed by atoms with E-state index in [4.69, 9.17) is 22.4 Å². The van der Waals surface area contributed by atoms with Crippen LogP contribution in [0, 0.1) is 5.92 Å². The van der Waals surface area contributed by atoms with Gasteiger partial charge in [-0.2, -0.15) is 0 Å². The molecule has 0 aliphatic heterocycles. The van der Waals surface area contributed by atoms with Gasteiger partial charge in [-0.15, -0.1) is 0 Å². The Hall–Kier alpha value is -1.36. The van der Waals surface area contributed by atoms with E-state index in [-0.39, 0.29) is 5.91 Å². The fourth-order valence-corrected chi connectivity index (χ4v) is 2.91. The molecule has 5 heteroatoms. The van der Waals surface area contributed by atoms with Crippen LogP contribution in [0.4, 0.5) is 0 Å². The number of hydrogen-bond acceptors (Lipinski definition) is 3. The van der Waals surface area contributed by atoms with Crippen LogP contribution in [0.1, 0.15) is 55.8 Å². The van der Waals surface area contributed by atoms with Gasteiger partial charge >= 0.3 is 0 Å². The van der Waals surface area contributed by atoms with Crippen LogP contribution in [-0.4, -0.2) is 16.4 Å². The number of carbonyl (C=O) groups excluding carboxylic acids is 1. The standard InChI is InChI=1S/C15H22N2O2S/c1-3-11-4-5-12(19-11)13(18)17-15(14(16)20)8-6-10(2)7-9-15/h4-5,10H,3,6-9H2,1-2H3,(H2,16,20)(H,17,18). The molecule has 1 heterocycles. The molecule has 3 N–H and O–H groups in total. The van der Waals surface area contributed by atoms with Gasteiger partial charge in [-0.1, -0.05) is 26.1 Å². The number of carbonyl (C=O) groups is 1. The first-order valence-corrected chi connectivity index (χ1v) is 7.59. The minimum Gasteiger partial charge on any atom is -0.456 e. The van der Waals surface area contributed by atoms with Crippen molar-refractivity contribution in [1.29, 1.82) is 0 Å². The topological polar surface area (TPSA) is 68.3 Å². The molecule has 1 saturated carbocycles. The summed E-state index contributed by atoms with van der Waals surface area (Å²) in [6.07, 6.45) is 4.42. The molecule has 20 heavy (non-hydrogen) atoms. The molecule has 4 nitrogen and oxygen atoms in total. The number of thiocarbonyl (C=S) groups is 1. The van der Waals surface area contributed by atoms with Gasteiger partial charge in [0.25, 0.3) is 5.91 Å². The number of amides is 1. The minimum absolute atomic E-state index is 0.230. The van der Waals surface area contributed by atoms with Gasteiger partial charge in [0.05, 0.1) is 10.5 Å². The van der Waals surface area contributed by atoms with Crippen LogP contribution >= 0.6 is 12.2 Å². The first kappa shape index (κ1) is 15.0. The molecular formula is C15H22N2O2S. The van der Waals surface area contributed by atoms with Gasteiger partial charge in [0.1, 0.15) is 5.76 Å². The lowest BCUT2D eigenvalue weighted by molar-refractivity contribution is 0.0870. The summed E-state index contributed by atoms with van der Waals surface area (Å²) < 4.78 is 5.49. The van der Waals surface area contributed by atoms with Crippen LogP contribution in [0.3, 0.4) is 0 Å². The normalized spacial score (nSPS) is 26.2. The Morgan fingerprint density at radius 2 is 2.15 bits per heavy atom. The minimum atomic E-state index is -0.557. The van der Waals surface area contributed by atoms with Crippen molar-refractivity contribution in [2.45, 2.75) is 51.5 Å². The van der Waals surface area contributed by atoms with Crippen LogP contribution < -0.4 is 11.1 Å². The first-order valence-electron chi connectivity index (χ1n) is 7.18. The molecular weight excluding hydrogens is 272 g/mol. The molecule has 0 radical (unpaired) electrons. The predicted octanol–water partition coefficient (Wildman–Crippen LogP) is 2.81. The van der Waals surface area contributed by atoms with E-state index in [9.17, 15) is 4.79 Å². The third kappa shape index (κ3) is 3.03. The molecule has 0 spiro atoms. The van der Waals surface area contributed by atoms with Crippen molar-refractivity contribution in [2.24, 2.45) is 11.7 Å². The third-order valence-electron chi connectivity index (χ3n) is 4.19. The molecule has 0 unspecified atom stereocenters. The number of rotatable bonds is 4. The number of nitrogens with two attached hydrogens (primary N) is 1. The molecule has 1 aliphatic carbocycles. The zero-order chi connectivity index (χ0) is 14.8. The van der Waals surface area contributed by atoms with Gasteiger partial charge < -0.3 is 15.5 Å². The molecule has 1 aromatic heterocycles. The van der Waals surface area contributed by atoms with Gasteiger partial charge in [0, 0.05) is 6.42 Å². The Bertz CT molecular complexity index is 502. The Labute approximate surface area is 125 Å². The Morgan fingerprint density at radius 3 is 2.65 bits per heavy atom. The van der Waals surface area contributed by atoms with Gasteiger partial charge in [-0.25, -0.2) is 0 Å². The molecule has 1 aromatic rings. The highest BCUT2D eigenvalue weighted by atomic mass is 32.1. The van der Waals surface area contributed by atoms with Crippen molar-refractivity contribution >= 4 is 23.1 Å². The molecule has 0 aromatic carbocycles. The highest BCUT2D eigenvalue weighted by molar-refractivity contribution is 7.80. The van der Waals surface area contributed by atoms with Crippen LogP contribution in [0.25, 0.3) is 0 Å². The average molecular weight is 294 g/mol. The van der Waals surface area contributed by atoms with Gasteiger partial charge in [0.2, 0.25) is 0 Å². The van der Waals surface area contributed by atoms with Crippen LogP contribution in [-0.2, 0) is 6.42 Å². The molecule has 2 rings (SSSR count). The van der Waals surface area contributed by atoms with E-state index in [1.807, 2.05) is 13.0 Å². The van der Waals surface area contributed by atoms with E-state index in [0.29, 0.717) is 16.7 Å². The van der Waals surface area contributed by atoms with Crippen LogP contribution in [0.2, 0.25) is 0 Å². The maximum Gasteiger partial charge on any atom is 0.287 e. The van der Waals surface area contributed by atoms with E-state index in [1.54, 1.807) is 6.07 Å². The molecule has 0 atom stereocenters. The maximum absolute atomic E-state index is 12.3. The van der Waals surface area contributed by atoms with E-state index < -0.39 is 5.54 Å². The highest BCUT2D eigenvalue weighted by Crippen LogP contribution is 2.32. The number of hydrogen-bond donors (Lipinski definition) is 2. The third-order valence-corrected chi connectivity index (χ3v) is 4.58. The van der Waals surface area contributed by atoms with Gasteiger partial charge in [-0.05, 0) is 43.7 Å². The second kappa shape index (κ2) is 5.95. The summed E-state index contributed by atoms with van der Waals surface area (Å²) in [7, 11) is 0. The summed E-state index contributed by atoms with van der Waals surface area (Å²) in [4.78, 5) is 12.7. The number of furan rings is 1. The molecule has 1 amide bonds. The molecule has 0 bridgehead atoms. The summed E-state index contributed by atoms with van der Waals surface area (Å²) in [5.74, 6) is 1.56. The van der Waals surface area contributed by atoms with Crippen LogP contribution in [0.5, 0.6) is 0 Å². The molecule has 1 aliphatic rings. The second-order valence-corrected chi connectivity index (χ2v) is 6.14. The predicted molar refractivity (Wildman–Crippen MR) is 82.7 cm³/mol. The van der Waals surface area contributed by atoms with Crippen molar-refractivity contribution in [3.05, 3.63) is 23.7 Å². The van der Waals surface area contributed by atoms with Crippen molar-refractivity contribution in [3.63, 3.8) is 0 Å². The lowest BCUT2D eigenvalue weighted by atomic mass is 9.77. The van der Waals surface area contributed by atoms with E-state index in [2.05, 4.69) is 12.2 Å². The first-order chi connectivity index (χ1) is 9.47. The monoisotopic (exact) mass is 294 g/mol. The van der Waals surface area contributed by atoms with E-state index >= 15 is 0 Å². The zero-order valence-electron chi connectivity index (χ0n) is 12.1. The highest BCUT2D eigenvalue weighted by Gasteiger charge is 2.38. The summed E-state index contributed by atoms with van der Waals surface area (Å²) in [5.41, 5.74) is 5.33. The molecule has 0 saturated heterocycles. The Morgan fingerprint density at radius 1 is 1.50 bits per heavy atom. The Balaban J connectivity index is 2.12. The van der Waals surface area contributed by atoms with Crippen molar-refractivity contribution < 1.29 is 9.21 Å². The summed E-state index contributed by atoms with van der Waals surface area (Å²) in [6.45, 7) is 4.20. The molecule has 110 valence electrons. The van der Waals surface area contributed by atoms with Crippen LogP contribution in [0.15, 0.2) is 16.5 Å². The van der Waals surface area contributed by atoms with Gasteiger partial charge in [-0.3, -0.25) is 4.79 Å². The smallest absolute Gasteiger partial charge is 0.287 e. The summed E-state index contributed by atoms with van der Waals surface area (Å²) in [6, 6.07) is 3.53. The van der Waals surface area contributed by atoms with E-state index in [1.165, 1.54) is 0 Å².